The van der Waals surface area contributed by atoms with E-state index in [-0.39, 0.29) is 18.2 Å². The zero-order valence-electron chi connectivity index (χ0n) is 12.2. The summed E-state index contributed by atoms with van der Waals surface area (Å²) in [6.45, 7) is 1.53. The van der Waals surface area contributed by atoms with Gasteiger partial charge in [-0.2, -0.15) is 0 Å². The predicted octanol–water partition coefficient (Wildman–Crippen LogP) is 1.82. The van der Waals surface area contributed by atoms with Gasteiger partial charge in [-0.15, -0.1) is 0 Å². The Kier molecular flexibility index (Phi) is 4.85. The number of rotatable bonds is 5. The Labute approximate surface area is 123 Å². The van der Waals surface area contributed by atoms with Crippen molar-refractivity contribution in [3.05, 3.63) is 22.2 Å². The van der Waals surface area contributed by atoms with E-state index < -0.39 is 4.92 Å². The summed E-state index contributed by atoms with van der Waals surface area (Å²) in [4.78, 5) is 12.9. The van der Waals surface area contributed by atoms with Crippen molar-refractivity contribution in [1.29, 1.82) is 0 Å². The van der Waals surface area contributed by atoms with E-state index >= 15 is 0 Å². The van der Waals surface area contributed by atoms with Gasteiger partial charge in [0.2, 0.25) is 0 Å². The van der Waals surface area contributed by atoms with Crippen molar-refractivity contribution >= 4 is 11.4 Å². The Morgan fingerprint density at radius 2 is 1.86 bits per heavy atom. The largest absolute Gasteiger partial charge is 0.493 e. The molecular weight excluding hydrogens is 276 g/mol. The maximum Gasteiger partial charge on any atom is 0.296 e. The van der Waals surface area contributed by atoms with Gasteiger partial charge in [-0.25, -0.2) is 0 Å². The highest BCUT2D eigenvalue weighted by molar-refractivity contribution is 5.70. The predicted molar refractivity (Wildman–Crippen MR) is 78.2 cm³/mol. The molecule has 0 radical (unpaired) electrons. The summed E-state index contributed by atoms with van der Waals surface area (Å²) in [5.74, 6) is 1.10. The summed E-state index contributed by atoms with van der Waals surface area (Å²) in [6, 6.07) is 3.04. The van der Waals surface area contributed by atoms with Gasteiger partial charge < -0.3 is 19.5 Å². The van der Waals surface area contributed by atoms with Crippen LogP contribution in [0.3, 0.4) is 0 Å². The van der Waals surface area contributed by atoms with Crippen LogP contribution in [-0.4, -0.2) is 43.9 Å². The number of anilines is 1. The first-order valence-electron chi connectivity index (χ1n) is 6.87. The highest BCUT2D eigenvalue weighted by Crippen LogP contribution is 2.40. The minimum absolute atomic E-state index is 0.00935. The lowest BCUT2D eigenvalue weighted by Gasteiger charge is -2.32. The van der Waals surface area contributed by atoms with Crippen molar-refractivity contribution < 1.29 is 19.5 Å². The van der Waals surface area contributed by atoms with Crippen LogP contribution in [0.2, 0.25) is 0 Å². The fourth-order valence-electron chi connectivity index (χ4n) is 2.61. The lowest BCUT2D eigenvalue weighted by Crippen LogP contribution is -2.35. The number of methoxy groups -OCH3 is 2. The lowest BCUT2D eigenvalue weighted by molar-refractivity contribution is -0.384. The summed E-state index contributed by atoms with van der Waals surface area (Å²) in [5, 5.41) is 20.5. The van der Waals surface area contributed by atoms with Gasteiger partial charge >= 0.3 is 0 Å². The Bertz CT molecular complexity index is 512. The first-order chi connectivity index (χ1) is 10.1. The number of hydrogen-bond acceptors (Lipinski definition) is 6. The van der Waals surface area contributed by atoms with Crippen LogP contribution >= 0.6 is 0 Å². The molecule has 1 aromatic rings. The molecular formula is C14H20N2O5. The number of benzene rings is 1. The van der Waals surface area contributed by atoms with E-state index in [0.717, 1.165) is 12.8 Å². The van der Waals surface area contributed by atoms with Gasteiger partial charge in [-0.1, -0.05) is 0 Å². The fraction of sp³-hybridized carbons (Fsp3) is 0.571. The van der Waals surface area contributed by atoms with Gasteiger partial charge in [-0.3, -0.25) is 10.1 Å². The molecule has 0 aliphatic carbocycles. The van der Waals surface area contributed by atoms with E-state index in [0.29, 0.717) is 30.3 Å². The monoisotopic (exact) mass is 296 g/mol. The van der Waals surface area contributed by atoms with Crippen molar-refractivity contribution in [2.24, 2.45) is 5.92 Å². The van der Waals surface area contributed by atoms with E-state index in [1.54, 1.807) is 6.07 Å². The average Bonchev–Trinajstić information content (AvgIpc) is 2.53. The molecule has 0 aromatic heterocycles. The minimum Gasteiger partial charge on any atom is -0.493 e. The molecule has 0 saturated carbocycles. The number of piperidine rings is 1. The van der Waals surface area contributed by atoms with E-state index in [4.69, 9.17) is 9.47 Å². The lowest BCUT2D eigenvalue weighted by atomic mass is 9.97. The Balaban J connectivity index is 2.35. The maximum absolute atomic E-state index is 11.3. The van der Waals surface area contributed by atoms with Crippen molar-refractivity contribution in [2.75, 3.05) is 38.8 Å². The summed E-state index contributed by atoms with van der Waals surface area (Å²) >= 11 is 0. The van der Waals surface area contributed by atoms with Crippen LogP contribution in [0, 0.1) is 16.0 Å². The number of ether oxygens (including phenoxy) is 2. The van der Waals surface area contributed by atoms with Crippen molar-refractivity contribution in [1.82, 2.24) is 0 Å². The second-order valence-electron chi connectivity index (χ2n) is 5.07. The molecule has 0 atom stereocenters. The van der Waals surface area contributed by atoms with Gasteiger partial charge in [0.15, 0.2) is 11.5 Å². The smallest absolute Gasteiger partial charge is 0.296 e. The third-order valence-electron chi connectivity index (χ3n) is 3.89. The SMILES string of the molecule is COc1cc(N2CCC(CO)CC2)c([N+](=O)[O-])cc1OC. The molecule has 1 saturated heterocycles. The zero-order valence-corrected chi connectivity index (χ0v) is 12.2. The molecule has 0 amide bonds. The van der Waals surface area contributed by atoms with Crippen LogP contribution in [-0.2, 0) is 0 Å². The molecule has 21 heavy (non-hydrogen) atoms. The molecule has 1 heterocycles. The molecule has 1 N–H and O–H groups in total. The number of nitrogens with zero attached hydrogens (tertiary/aromatic N) is 2. The Morgan fingerprint density at radius 1 is 1.29 bits per heavy atom. The van der Waals surface area contributed by atoms with Crippen LogP contribution in [0.5, 0.6) is 11.5 Å². The topological polar surface area (TPSA) is 85.1 Å². The number of nitro benzene ring substituents is 1. The molecule has 7 heteroatoms. The maximum atomic E-state index is 11.3. The molecule has 7 nitrogen and oxygen atoms in total. The van der Waals surface area contributed by atoms with Crippen LogP contribution in [0.4, 0.5) is 11.4 Å². The van der Waals surface area contributed by atoms with Crippen molar-refractivity contribution in [3.63, 3.8) is 0 Å². The van der Waals surface area contributed by atoms with E-state index in [1.165, 1.54) is 20.3 Å². The summed E-state index contributed by atoms with van der Waals surface area (Å²) in [5.41, 5.74) is 0.545. The standard InChI is InChI=1S/C14H20N2O5/c1-20-13-7-11(12(16(18)19)8-14(13)21-2)15-5-3-10(9-17)4-6-15/h7-8,10,17H,3-6,9H2,1-2H3. The third-order valence-corrected chi connectivity index (χ3v) is 3.89. The van der Waals surface area contributed by atoms with Crippen LogP contribution < -0.4 is 14.4 Å². The normalized spacial score (nSPS) is 15.9. The fourth-order valence-corrected chi connectivity index (χ4v) is 2.61. The van der Waals surface area contributed by atoms with Crippen LogP contribution in [0.25, 0.3) is 0 Å². The summed E-state index contributed by atoms with van der Waals surface area (Å²) in [6.07, 6.45) is 1.64. The summed E-state index contributed by atoms with van der Waals surface area (Å²) in [7, 11) is 2.96. The van der Waals surface area contributed by atoms with Gasteiger partial charge in [0.05, 0.1) is 25.2 Å². The first kappa shape index (κ1) is 15.4. The van der Waals surface area contributed by atoms with Gasteiger partial charge in [0.1, 0.15) is 5.69 Å². The van der Waals surface area contributed by atoms with Gasteiger partial charge in [-0.05, 0) is 18.8 Å². The van der Waals surface area contributed by atoms with Crippen LogP contribution in [0.1, 0.15) is 12.8 Å². The van der Waals surface area contributed by atoms with Crippen molar-refractivity contribution in [3.8, 4) is 11.5 Å². The Hall–Kier alpha value is -2.02. The average molecular weight is 296 g/mol. The highest BCUT2D eigenvalue weighted by atomic mass is 16.6. The van der Waals surface area contributed by atoms with Gasteiger partial charge in [0, 0.05) is 25.8 Å². The number of aliphatic hydroxyl groups is 1. The molecule has 1 aliphatic rings. The molecule has 0 spiro atoms. The second-order valence-corrected chi connectivity index (χ2v) is 5.07. The first-order valence-corrected chi connectivity index (χ1v) is 6.87. The van der Waals surface area contributed by atoms with E-state index in [2.05, 4.69) is 0 Å². The zero-order chi connectivity index (χ0) is 15.4. The van der Waals surface area contributed by atoms with Gasteiger partial charge in [0.25, 0.3) is 5.69 Å². The molecule has 1 aromatic carbocycles. The molecule has 1 fully saturated rings. The second kappa shape index (κ2) is 6.62. The quantitative estimate of drug-likeness (QED) is 0.659. The number of aliphatic hydroxyl groups excluding tert-OH is 1. The molecule has 0 unspecified atom stereocenters. The third kappa shape index (κ3) is 3.18. The Morgan fingerprint density at radius 3 is 2.33 bits per heavy atom. The van der Waals surface area contributed by atoms with Crippen molar-refractivity contribution in [2.45, 2.75) is 12.8 Å². The minimum atomic E-state index is -0.407. The summed E-state index contributed by atoms with van der Waals surface area (Å²) < 4.78 is 10.4. The number of nitro groups is 1. The van der Waals surface area contributed by atoms with E-state index in [9.17, 15) is 15.2 Å². The highest BCUT2D eigenvalue weighted by Gasteiger charge is 2.27. The number of hydrogen-bond donors (Lipinski definition) is 1. The van der Waals surface area contributed by atoms with Crippen LogP contribution in [0.15, 0.2) is 12.1 Å². The molecule has 1 aliphatic heterocycles. The molecule has 116 valence electrons. The molecule has 0 bridgehead atoms. The molecule has 2 rings (SSSR count). The van der Waals surface area contributed by atoms with E-state index in [1.807, 2.05) is 4.90 Å².